The van der Waals surface area contributed by atoms with E-state index in [1.165, 1.54) is 23.5 Å². The predicted octanol–water partition coefficient (Wildman–Crippen LogP) is 10.2. The molecule has 5 aromatic rings. The van der Waals surface area contributed by atoms with Crippen LogP contribution in [-0.2, 0) is 11.4 Å². The monoisotopic (exact) mass is 640 g/mol. The van der Waals surface area contributed by atoms with Gasteiger partial charge in [-0.05, 0) is 66.6 Å². The van der Waals surface area contributed by atoms with E-state index in [4.69, 9.17) is 0 Å². The van der Waals surface area contributed by atoms with Crippen LogP contribution in [0.5, 0.6) is 5.75 Å². The third-order valence-electron chi connectivity index (χ3n) is 6.44. The summed E-state index contributed by atoms with van der Waals surface area (Å²) in [6, 6.07) is 19.5. The van der Waals surface area contributed by atoms with Crippen LogP contribution < -0.4 is 4.74 Å². The van der Waals surface area contributed by atoms with Crippen LogP contribution in [0.15, 0.2) is 81.5 Å². The van der Waals surface area contributed by atoms with E-state index in [2.05, 4.69) is 13.5 Å². The molecule has 0 amide bonds. The molecule has 0 radical (unpaired) electrons. The van der Waals surface area contributed by atoms with Crippen molar-refractivity contribution in [3.8, 4) is 47.5 Å². The van der Waals surface area contributed by atoms with Crippen molar-refractivity contribution in [3.05, 3.63) is 98.6 Å². The molecule has 1 aliphatic heterocycles. The standard InChI is InChI=1S/C28H15F3N4O5S3/c1-14-2-4-15(5-3-14)18-10-12-20(41-18)22-24-25(33-43-32-24)23(27(35(38)39)26(22)34(36)37)21-13-11-19(42-21)16-6-8-17(9-7-16)40-28(29,30)31/h2-13H,1H3. The van der Waals surface area contributed by atoms with Crippen molar-refractivity contribution < 1.29 is 27.8 Å². The average Bonchev–Trinajstić information content (AvgIpc) is 3.73. The number of nitrogens with zero attached hydrogens (tertiary/aromatic N) is 4. The number of aryl methyl sites for hydroxylation is 1. The molecule has 0 N–H and O–H groups in total. The molecule has 3 heterocycles. The number of alkyl halides is 3. The van der Waals surface area contributed by atoms with E-state index in [0.29, 0.717) is 20.2 Å². The average molecular weight is 641 g/mol. The van der Waals surface area contributed by atoms with Gasteiger partial charge in [0.2, 0.25) is 0 Å². The van der Waals surface area contributed by atoms with Crippen LogP contribution in [0.4, 0.5) is 35.9 Å². The highest BCUT2D eigenvalue weighted by atomic mass is 32.1. The minimum Gasteiger partial charge on any atom is -0.406 e. The Bertz CT molecular complexity index is 2000. The van der Waals surface area contributed by atoms with Crippen LogP contribution in [0.3, 0.4) is 0 Å². The number of thiophene rings is 2. The number of hydrogen-bond acceptors (Lipinski definition) is 9. The van der Waals surface area contributed by atoms with Gasteiger partial charge in [-0.25, -0.2) is 0 Å². The summed E-state index contributed by atoms with van der Waals surface area (Å²) in [7, 11) is 0. The summed E-state index contributed by atoms with van der Waals surface area (Å²) in [4.78, 5) is 25.6. The third kappa shape index (κ3) is 5.45. The van der Waals surface area contributed by atoms with Crippen LogP contribution in [-0.4, -0.2) is 16.2 Å². The van der Waals surface area contributed by atoms with Gasteiger partial charge in [0.25, 0.3) is 0 Å². The summed E-state index contributed by atoms with van der Waals surface area (Å²) in [5.41, 5.74) is 1.36. The zero-order valence-electron chi connectivity index (χ0n) is 21.6. The van der Waals surface area contributed by atoms with Crippen LogP contribution in [0.25, 0.3) is 41.8 Å². The molecular formula is C28H15F3N4O5S3. The van der Waals surface area contributed by atoms with Crippen LogP contribution in [0.1, 0.15) is 5.56 Å². The fourth-order valence-corrected chi connectivity index (χ4v) is 7.27. The van der Waals surface area contributed by atoms with Gasteiger partial charge in [-0.15, -0.1) is 35.8 Å². The number of ether oxygens (including phenoxy) is 1. The molecule has 0 unspecified atom stereocenters. The Morgan fingerprint density at radius 2 is 1.09 bits per heavy atom. The van der Waals surface area contributed by atoms with Crippen molar-refractivity contribution in [1.29, 1.82) is 0 Å². The maximum absolute atomic E-state index is 12.5. The van der Waals surface area contributed by atoms with Crippen molar-refractivity contribution in [2.24, 2.45) is 8.73 Å². The molecule has 216 valence electrons. The molecule has 15 heteroatoms. The molecule has 6 rings (SSSR count). The van der Waals surface area contributed by atoms with E-state index < -0.39 is 33.3 Å². The normalized spacial score (nSPS) is 12.2. The lowest BCUT2D eigenvalue weighted by Gasteiger charge is -2.10. The topological polar surface area (TPSA) is 120 Å². The smallest absolute Gasteiger partial charge is 0.406 e. The highest BCUT2D eigenvalue weighted by molar-refractivity contribution is 7.58. The second-order valence-corrected chi connectivity index (χ2v) is 11.9. The van der Waals surface area contributed by atoms with Gasteiger partial charge in [-0.2, -0.15) is 8.73 Å². The van der Waals surface area contributed by atoms with Crippen molar-refractivity contribution in [3.63, 3.8) is 0 Å². The summed E-state index contributed by atoms with van der Waals surface area (Å²) in [5.74, 6) is -0.399. The Morgan fingerprint density at radius 1 is 0.674 bits per heavy atom. The van der Waals surface area contributed by atoms with E-state index in [1.807, 2.05) is 31.2 Å². The first kappa shape index (κ1) is 28.4. The summed E-state index contributed by atoms with van der Waals surface area (Å²) < 4.78 is 50.2. The Hall–Kier alpha value is -4.73. The summed E-state index contributed by atoms with van der Waals surface area (Å²) in [6.45, 7) is 1.96. The molecule has 0 atom stereocenters. The molecule has 0 aliphatic carbocycles. The van der Waals surface area contributed by atoms with E-state index in [9.17, 15) is 33.4 Å². The lowest BCUT2D eigenvalue weighted by atomic mass is 9.98. The van der Waals surface area contributed by atoms with Crippen molar-refractivity contribution in [1.82, 2.24) is 0 Å². The van der Waals surface area contributed by atoms with Gasteiger partial charge >= 0.3 is 17.7 Å². The van der Waals surface area contributed by atoms with Crippen molar-refractivity contribution >= 4 is 56.8 Å². The molecule has 0 bridgehead atoms. The van der Waals surface area contributed by atoms with E-state index >= 15 is 0 Å². The number of halogens is 3. The van der Waals surface area contributed by atoms with Gasteiger partial charge < -0.3 is 4.74 Å². The van der Waals surface area contributed by atoms with E-state index in [-0.39, 0.29) is 22.5 Å². The number of hydrogen-bond donors (Lipinski definition) is 0. The molecule has 0 spiro atoms. The van der Waals surface area contributed by atoms with Crippen molar-refractivity contribution in [2.75, 3.05) is 0 Å². The molecule has 0 saturated carbocycles. The quantitative estimate of drug-likeness (QED) is 0.127. The predicted molar refractivity (Wildman–Crippen MR) is 160 cm³/mol. The number of fused-ring (bicyclic) bond motifs is 1. The molecule has 0 fully saturated rings. The number of rotatable bonds is 7. The second-order valence-electron chi connectivity index (χ2n) is 9.19. The molecule has 0 saturated heterocycles. The first-order chi connectivity index (χ1) is 20.5. The van der Waals surface area contributed by atoms with Gasteiger partial charge in [0, 0.05) is 19.5 Å². The minimum atomic E-state index is -4.84. The minimum absolute atomic E-state index is 0.0181. The summed E-state index contributed by atoms with van der Waals surface area (Å²) in [5, 5.41) is 25.0. The summed E-state index contributed by atoms with van der Waals surface area (Å²) in [6.07, 6.45) is -4.84. The first-order valence-electron chi connectivity index (χ1n) is 12.2. The molecule has 43 heavy (non-hydrogen) atoms. The second kappa shape index (κ2) is 10.8. The first-order valence-corrected chi connectivity index (χ1v) is 14.6. The SMILES string of the molecule is Cc1ccc(-c2ccc(-c3c4c(c(-c5ccc(-c6ccc(OC(F)(F)F)cc6)s5)c([N+](=O)[O-])c3[N+](=O)[O-])N=S=N4)s2)cc1. The summed E-state index contributed by atoms with van der Waals surface area (Å²) >= 11 is 3.12. The van der Waals surface area contributed by atoms with Crippen LogP contribution >= 0.6 is 22.7 Å². The van der Waals surface area contributed by atoms with Crippen molar-refractivity contribution in [2.45, 2.75) is 13.3 Å². The molecule has 3 aromatic carbocycles. The fourth-order valence-electron chi connectivity index (χ4n) is 4.59. The maximum atomic E-state index is 12.5. The highest BCUT2D eigenvalue weighted by Gasteiger charge is 2.41. The number of nitro benzene ring substituents is 2. The highest BCUT2D eigenvalue weighted by Crippen LogP contribution is 2.59. The fraction of sp³-hybridized carbons (Fsp3) is 0.0714. The van der Waals surface area contributed by atoms with Gasteiger partial charge in [-0.3, -0.25) is 20.2 Å². The van der Waals surface area contributed by atoms with Crippen LogP contribution in [0.2, 0.25) is 0 Å². The molecule has 9 nitrogen and oxygen atoms in total. The Morgan fingerprint density at radius 3 is 1.51 bits per heavy atom. The third-order valence-corrected chi connectivity index (χ3v) is 9.27. The maximum Gasteiger partial charge on any atom is 0.573 e. The largest absolute Gasteiger partial charge is 0.573 e. The lowest BCUT2D eigenvalue weighted by Crippen LogP contribution is -2.16. The van der Waals surface area contributed by atoms with Gasteiger partial charge in [-0.1, -0.05) is 29.8 Å². The number of nitro groups is 2. The molecule has 2 aromatic heterocycles. The van der Waals surface area contributed by atoms with E-state index in [1.54, 1.807) is 24.3 Å². The Balaban J connectivity index is 1.49. The zero-order chi connectivity index (χ0) is 30.5. The lowest BCUT2D eigenvalue weighted by molar-refractivity contribution is -0.421. The molecule has 1 aliphatic rings. The van der Waals surface area contributed by atoms with Crippen LogP contribution in [0, 0.1) is 27.2 Å². The Kier molecular flexibility index (Phi) is 7.15. The molecular weight excluding hydrogens is 626 g/mol. The van der Waals surface area contributed by atoms with Gasteiger partial charge in [0.05, 0.1) is 21.2 Å². The van der Waals surface area contributed by atoms with Gasteiger partial charge in [0.1, 0.15) is 28.3 Å². The Labute approximate surface area is 252 Å². The van der Waals surface area contributed by atoms with E-state index in [0.717, 1.165) is 50.8 Å². The van der Waals surface area contributed by atoms with Gasteiger partial charge in [0.15, 0.2) is 0 Å². The number of benzene rings is 3. The zero-order valence-corrected chi connectivity index (χ0v) is 24.1.